The fourth-order valence-electron chi connectivity index (χ4n) is 6.27. The highest BCUT2D eigenvalue weighted by Gasteiger charge is 2.28. The van der Waals surface area contributed by atoms with Crippen molar-refractivity contribution in [3.63, 3.8) is 0 Å². The molecular formula is C46H81NO9P+. The molecule has 0 saturated carbocycles. The summed E-state index contributed by atoms with van der Waals surface area (Å²) in [4.78, 5) is 35.4. The van der Waals surface area contributed by atoms with E-state index < -0.39 is 26.0 Å². The number of hydrogen-bond donors (Lipinski definition) is 2. The summed E-state index contributed by atoms with van der Waals surface area (Å²) in [6.07, 6.45) is 39.7. The number of phosphoric ester groups is 1. The second-order valence-electron chi connectivity index (χ2n) is 16.4. The normalized spacial score (nSPS) is 18.4. The van der Waals surface area contributed by atoms with Gasteiger partial charge in [-0.25, -0.2) is 4.57 Å². The molecule has 0 heterocycles. The highest BCUT2D eigenvalue weighted by molar-refractivity contribution is 7.47. The average Bonchev–Trinajstić information content (AvgIpc) is 3.51. The molecule has 0 radical (unpaired) electrons. The van der Waals surface area contributed by atoms with Gasteiger partial charge in [0.25, 0.3) is 0 Å². The zero-order chi connectivity index (χ0) is 42.0. The number of rotatable bonds is 37. The second-order valence-corrected chi connectivity index (χ2v) is 17.9. The third kappa shape index (κ3) is 31.3. The van der Waals surface area contributed by atoms with Crippen LogP contribution >= 0.6 is 7.82 Å². The zero-order valence-corrected chi connectivity index (χ0v) is 37.3. The van der Waals surface area contributed by atoms with Crippen molar-refractivity contribution < 1.29 is 47.2 Å². The fourth-order valence-corrected chi connectivity index (χ4v) is 7.01. The molecule has 0 aromatic heterocycles. The van der Waals surface area contributed by atoms with E-state index in [-0.39, 0.29) is 43.9 Å². The van der Waals surface area contributed by atoms with Gasteiger partial charge < -0.3 is 24.0 Å². The van der Waals surface area contributed by atoms with Gasteiger partial charge in [0.2, 0.25) is 0 Å². The number of ketones is 1. The largest absolute Gasteiger partial charge is 0.498 e. The Hall–Kier alpha value is -2.33. The maximum Gasteiger partial charge on any atom is 0.472 e. The molecule has 1 rings (SSSR count). The Bertz CT molecular complexity index is 1240. The summed E-state index contributed by atoms with van der Waals surface area (Å²) in [6, 6.07) is 0. The van der Waals surface area contributed by atoms with Gasteiger partial charge in [-0.3, -0.25) is 18.6 Å². The predicted molar refractivity (Wildman–Crippen MR) is 232 cm³/mol. The Labute approximate surface area is 347 Å². The average molecular weight is 823 g/mol. The van der Waals surface area contributed by atoms with Crippen LogP contribution in [0, 0.1) is 11.8 Å². The molecule has 2 N–H and O–H groups in total. The Morgan fingerprint density at radius 1 is 0.807 bits per heavy atom. The summed E-state index contributed by atoms with van der Waals surface area (Å²) in [6.45, 7) is 4.57. The minimum absolute atomic E-state index is 0.0227. The first-order valence-electron chi connectivity index (χ1n) is 22.1. The molecule has 0 amide bonds. The minimum Gasteiger partial charge on any atom is -0.498 e. The van der Waals surface area contributed by atoms with Crippen molar-refractivity contribution in [2.45, 2.75) is 161 Å². The quantitative estimate of drug-likeness (QED) is 0.0157. The molecule has 0 bridgehead atoms. The number of ether oxygens (including phenoxy) is 2. The molecule has 5 atom stereocenters. The third-order valence-corrected chi connectivity index (χ3v) is 10.8. The van der Waals surface area contributed by atoms with Gasteiger partial charge in [0.15, 0.2) is 11.9 Å². The van der Waals surface area contributed by atoms with E-state index in [9.17, 15) is 24.2 Å². The van der Waals surface area contributed by atoms with Gasteiger partial charge in [-0.2, -0.15) is 0 Å². The molecule has 10 nitrogen and oxygen atoms in total. The molecule has 57 heavy (non-hydrogen) atoms. The van der Waals surface area contributed by atoms with E-state index in [0.717, 1.165) is 44.9 Å². The number of carbonyl (C=O) groups excluding carboxylic acids is 2. The maximum absolute atomic E-state index is 12.8. The molecule has 0 aromatic carbocycles. The number of likely N-dealkylation sites (N-methyl/N-ethyl adjacent to an activating group) is 1. The summed E-state index contributed by atoms with van der Waals surface area (Å²) < 4.78 is 34.7. The predicted octanol–water partition coefficient (Wildman–Crippen LogP) is 10.9. The molecule has 0 fully saturated rings. The fraction of sp³-hybridized carbons (Fsp3) is 0.739. The van der Waals surface area contributed by atoms with Crippen LogP contribution in [-0.4, -0.2) is 86.0 Å². The van der Waals surface area contributed by atoms with Crippen molar-refractivity contribution in [1.82, 2.24) is 0 Å². The summed E-state index contributed by atoms with van der Waals surface area (Å²) in [5.74, 6) is -0.612. The number of allylic oxidation sites excluding steroid dienone is 8. The number of unbranched alkanes of at least 4 members (excludes halogenated alkanes) is 14. The third-order valence-electron chi connectivity index (χ3n) is 9.86. The molecular weight excluding hydrogens is 741 g/mol. The van der Waals surface area contributed by atoms with Crippen LogP contribution in [0.3, 0.4) is 0 Å². The first-order valence-corrected chi connectivity index (χ1v) is 23.6. The van der Waals surface area contributed by atoms with E-state index >= 15 is 0 Å². The van der Waals surface area contributed by atoms with Crippen molar-refractivity contribution in [3.05, 3.63) is 60.9 Å². The van der Waals surface area contributed by atoms with Crippen LogP contribution in [0.2, 0.25) is 0 Å². The van der Waals surface area contributed by atoms with Gasteiger partial charge in [0, 0.05) is 12.3 Å². The number of aliphatic hydroxyl groups excluding tert-OH is 1. The molecule has 0 aliphatic heterocycles. The van der Waals surface area contributed by atoms with E-state index in [2.05, 4.69) is 26.0 Å². The topological polar surface area (TPSA) is 129 Å². The van der Waals surface area contributed by atoms with Crippen LogP contribution in [0.25, 0.3) is 0 Å². The molecule has 0 saturated heterocycles. The van der Waals surface area contributed by atoms with Crippen molar-refractivity contribution in [2.75, 3.05) is 47.5 Å². The Kier molecular flexibility index (Phi) is 31.0. The molecule has 0 spiro atoms. The Balaban J connectivity index is 2.45. The van der Waals surface area contributed by atoms with Crippen LogP contribution in [0.4, 0.5) is 0 Å². The van der Waals surface area contributed by atoms with Crippen molar-refractivity contribution in [3.8, 4) is 0 Å². The van der Waals surface area contributed by atoms with Crippen molar-refractivity contribution >= 4 is 19.6 Å². The van der Waals surface area contributed by atoms with Gasteiger partial charge in [-0.05, 0) is 82.3 Å². The van der Waals surface area contributed by atoms with E-state index in [1.165, 1.54) is 57.8 Å². The first-order chi connectivity index (χ1) is 27.4. The molecule has 0 aromatic rings. The molecule has 328 valence electrons. The van der Waals surface area contributed by atoms with Crippen LogP contribution in [0.5, 0.6) is 0 Å². The van der Waals surface area contributed by atoms with Gasteiger partial charge >= 0.3 is 13.8 Å². The van der Waals surface area contributed by atoms with Crippen LogP contribution in [-0.2, 0) is 32.7 Å². The van der Waals surface area contributed by atoms with Gasteiger partial charge in [0.05, 0.1) is 40.1 Å². The molecule has 1 unspecified atom stereocenters. The highest BCUT2D eigenvalue weighted by atomic mass is 31.2. The van der Waals surface area contributed by atoms with Crippen molar-refractivity contribution in [2.24, 2.45) is 11.8 Å². The van der Waals surface area contributed by atoms with Crippen LogP contribution in [0.15, 0.2) is 60.9 Å². The number of phosphoric acid groups is 1. The summed E-state index contributed by atoms with van der Waals surface area (Å²) in [5, 5.41) is 10.2. The molecule has 1 aliphatic carbocycles. The van der Waals surface area contributed by atoms with Crippen molar-refractivity contribution in [1.29, 1.82) is 0 Å². The number of aliphatic hydroxyl groups is 1. The number of nitrogens with zero attached hydrogens (tertiary/aromatic N) is 1. The number of quaternary nitrogens is 1. The molecule has 11 heteroatoms. The summed E-state index contributed by atoms with van der Waals surface area (Å²) in [5.41, 5.74) is 0. The van der Waals surface area contributed by atoms with Crippen LogP contribution < -0.4 is 0 Å². The maximum atomic E-state index is 12.8. The number of carbonyl (C=O) groups is 2. The number of hydrogen-bond acceptors (Lipinski definition) is 8. The van der Waals surface area contributed by atoms with E-state index in [4.69, 9.17) is 18.5 Å². The van der Waals surface area contributed by atoms with Gasteiger partial charge in [-0.15, -0.1) is 0 Å². The van der Waals surface area contributed by atoms with Gasteiger partial charge in [-0.1, -0.05) is 121 Å². The van der Waals surface area contributed by atoms with Gasteiger partial charge in [0.1, 0.15) is 19.8 Å². The lowest BCUT2D eigenvalue weighted by molar-refractivity contribution is -0.870. The number of esters is 1. The summed E-state index contributed by atoms with van der Waals surface area (Å²) in [7, 11) is 1.50. The van der Waals surface area contributed by atoms with Crippen LogP contribution in [0.1, 0.15) is 149 Å². The monoisotopic (exact) mass is 823 g/mol. The SMILES string of the molecule is CCCCCCCC/C=C\CCCCCC/C=C/OC[C@H](COP(=O)(O)OCC[N+](C)(C)C)OC(=O)CCC/C=C\C[C@H]1C=CC(=O)[C@@H]1/C=C/[C@@H](O)CCCCC. The standard InChI is InChI=1S/C46H80NO9P/c1-6-8-10-11-12-13-14-15-16-17-18-19-20-21-24-28-37-53-39-43(40-55-57(51,52)54-38-36-47(3,4)5)56-46(50)31-27-23-22-26-29-41-32-35-45(49)44(41)34-33-42(48)30-25-9-7-2/h15-16,22,26,28,32-35,37,41-44,48H,6-14,17-21,23-25,27,29-31,36,38-40H2,1-5H3/p+1/b16-15-,26-22-,34-33+,37-28+/t41-,42-,43+,44+/m0/s1. The smallest absolute Gasteiger partial charge is 0.472 e. The lowest BCUT2D eigenvalue weighted by Crippen LogP contribution is -2.37. The summed E-state index contributed by atoms with van der Waals surface area (Å²) >= 11 is 0. The second kappa shape index (κ2) is 33.5. The van der Waals surface area contributed by atoms with E-state index in [1.807, 2.05) is 51.5 Å². The Morgan fingerprint density at radius 3 is 2.07 bits per heavy atom. The Morgan fingerprint density at radius 2 is 1.40 bits per heavy atom. The minimum atomic E-state index is -4.35. The van der Waals surface area contributed by atoms with E-state index in [0.29, 0.717) is 36.7 Å². The zero-order valence-electron chi connectivity index (χ0n) is 36.4. The lowest BCUT2D eigenvalue weighted by Gasteiger charge is -2.24. The first kappa shape index (κ1) is 52.7. The molecule has 1 aliphatic rings. The lowest BCUT2D eigenvalue weighted by atomic mass is 9.90. The highest BCUT2D eigenvalue weighted by Crippen LogP contribution is 2.43. The van der Waals surface area contributed by atoms with E-state index in [1.54, 1.807) is 18.4 Å².